The quantitative estimate of drug-likeness (QED) is 0.378. The van der Waals surface area contributed by atoms with Crippen LogP contribution in [0, 0.1) is 38.4 Å². The van der Waals surface area contributed by atoms with Crippen molar-refractivity contribution in [3.05, 3.63) is 76.4 Å². The highest BCUT2D eigenvalue weighted by molar-refractivity contribution is 5.64. The van der Waals surface area contributed by atoms with Gasteiger partial charge in [0.1, 0.15) is 12.1 Å². The van der Waals surface area contributed by atoms with E-state index in [4.69, 9.17) is 10.2 Å². The fourth-order valence-electron chi connectivity index (χ4n) is 5.11. The molecule has 0 aliphatic heterocycles. The van der Waals surface area contributed by atoms with Gasteiger partial charge in [0.25, 0.3) is 0 Å². The third-order valence-electron chi connectivity index (χ3n) is 7.55. The number of nitrogens with zero attached hydrogens (tertiary/aromatic N) is 6. The molecular formula is C28H31FN6O. The molecule has 3 heterocycles. The Morgan fingerprint density at radius 2 is 1.78 bits per heavy atom. The Kier molecular flexibility index (Phi) is 5.71. The van der Waals surface area contributed by atoms with Crippen LogP contribution in [0.1, 0.15) is 65.7 Å². The van der Waals surface area contributed by atoms with E-state index in [1.807, 2.05) is 24.6 Å². The van der Waals surface area contributed by atoms with Crippen molar-refractivity contribution < 1.29 is 9.50 Å². The first kappa shape index (κ1) is 23.0. The Labute approximate surface area is 210 Å². The van der Waals surface area contributed by atoms with Gasteiger partial charge in [0, 0.05) is 41.5 Å². The van der Waals surface area contributed by atoms with Crippen LogP contribution in [-0.2, 0) is 13.0 Å². The van der Waals surface area contributed by atoms with Gasteiger partial charge in [-0.3, -0.25) is 4.68 Å². The molecule has 7 nitrogen and oxygen atoms in total. The van der Waals surface area contributed by atoms with Gasteiger partial charge in [0.2, 0.25) is 0 Å². The summed E-state index contributed by atoms with van der Waals surface area (Å²) in [5.74, 6) is 1.45. The van der Waals surface area contributed by atoms with Crippen molar-refractivity contribution in [1.82, 2.24) is 29.5 Å². The van der Waals surface area contributed by atoms with E-state index in [0.717, 1.165) is 64.5 Å². The van der Waals surface area contributed by atoms with Crippen LogP contribution in [0.25, 0.3) is 17.1 Å². The molecule has 2 aliphatic rings. The maximum atomic E-state index is 13.5. The summed E-state index contributed by atoms with van der Waals surface area (Å²) in [4.78, 5) is 9.07. The van der Waals surface area contributed by atoms with E-state index in [9.17, 15) is 9.50 Å². The molecule has 1 unspecified atom stereocenters. The van der Waals surface area contributed by atoms with E-state index < -0.39 is 6.10 Å². The van der Waals surface area contributed by atoms with Crippen LogP contribution in [0.5, 0.6) is 0 Å². The minimum Gasteiger partial charge on any atom is -0.388 e. The molecule has 1 atom stereocenters. The highest BCUT2D eigenvalue weighted by Gasteiger charge is 2.34. The zero-order chi connectivity index (χ0) is 25.0. The second kappa shape index (κ2) is 8.92. The summed E-state index contributed by atoms with van der Waals surface area (Å²) in [6.07, 6.45) is 6.32. The number of aliphatic hydroxyl groups excluding tert-OH is 1. The molecule has 4 aromatic rings. The second-order valence-corrected chi connectivity index (χ2v) is 10.4. The maximum absolute atomic E-state index is 13.5. The zero-order valence-electron chi connectivity index (χ0n) is 20.9. The summed E-state index contributed by atoms with van der Waals surface area (Å²) >= 11 is 0. The predicted molar refractivity (Wildman–Crippen MR) is 134 cm³/mol. The number of aliphatic hydroxyl groups is 1. The lowest BCUT2D eigenvalue weighted by molar-refractivity contribution is 0.152. The molecule has 186 valence electrons. The average Bonchev–Trinajstić information content (AvgIpc) is 3.79. The number of benzene rings is 1. The van der Waals surface area contributed by atoms with Crippen LogP contribution in [0.15, 0.2) is 36.7 Å². The monoisotopic (exact) mass is 486 g/mol. The molecule has 0 saturated heterocycles. The van der Waals surface area contributed by atoms with Crippen molar-refractivity contribution in [2.45, 2.75) is 65.5 Å². The molecule has 8 heteroatoms. The minimum absolute atomic E-state index is 0.250. The fraction of sp³-hybridized carbons (Fsp3) is 0.429. The first-order valence-electron chi connectivity index (χ1n) is 12.8. The van der Waals surface area contributed by atoms with E-state index in [1.54, 1.807) is 18.5 Å². The van der Waals surface area contributed by atoms with Gasteiger partial charge in [-0.15, -0.1) is 0 Å². The smallest absolute Gasteiger partial charge is 0.157 e. The maximum Gasteiger partial charge on any atom is 0.157 e. The number of hydrogen-bond acceptors (Lipinski definition) is 5. The van der Waals surface area contributed by atoms with E-state index in [2.05, 4.69) is 21.6 Å². The number of hydrogen-bond donors (Lipinski definition) is 1. The molecule has 2 fully saturated rings. The highest BCUT2D eigenvalue weighted by Crippen LogP contribution is 2.43. The number of halogens is 1. The van der Waals surface area contributed by atoms with E-state index >= 15 is 0 Å². The average molecular weight is 487 g/mol. The molecule has 0 radical (unpaired) electrons. The number of aromatic nitrogens is 6. The van der Waals surface area contributed by atoms with Gasteiger partial charge in [-0.1, -0.05) is 0 Å². The van der Waals surface area contributed by atoms with Gasteiger partial charge in [-0.25, -0.2) is 19.0 Å². The Bertz CT molecular complexity index is 1410. The minimum atomic E-state index is -0.468. The lowest BCUT2D eigenvalue weighted by Crippen LogP contribution is -2.10. The molecule has 0 amide bonds. The Morgan fingerprint density at radius 3 is 2.47 bits per heavy atom. The Hall–Kier alpha value is -3.39. The number of aryl methyl sites for hydroxylation is 1. The summed E-state index contributed by atoms with van der Waals surface area (Å²) in [6, 6.07) is 8.50. The molecule has 0 bridgehead atoms. The van der Waals surface area contributed by atoms with Gasteiger partial charge in [-0.2, -0.15) is 10.2 Å². The Morgan fingerprint density at radius 1 is 1.03 bits per heavy atom. The number of rotatable bonds is 8. The van der Waals surface area contributed by atoms with Crippen molar-refractivity contribution in [3.8, 4) is 17.1 Å². The van der Waals surface area contributed by atoms with E-state index in [1.165, 1.54) is 25.0 Å². The molecule has 1 aromatic carbocycles. The Balaban J connectivity index is 1.34. The predicted octanol–water partition coefficient (Wildman–Crippen LogP) is 5.03. The van der Waals surface area contributed by atoms with Crippen molar-refractivity contribution in [2.24, 2.45) is 11.8 Å². The zero-order valence-corrected chi connectivity index (χ0v) is 20.9. The fourth-order valence-corrected chi connectivity index (χ4v) is 5.11. The second-order valence-electron chi connectivity index (χ2n) is 10.4. The van der Waals surface area contributed by atoms with Crippen LogP contribution < -0.4 is 0 Å². The summed E-state index contributed by atoms with van der Waals surface area (Å²) in [6.45, 7) is 6.91. The van der Waals surface area contributed by atoms with Gasteiger partial charge < -0.3 is 5.11 Å². The first-order valence-corrected chi connectivity index (χ1v) is 12.8. The standard InChI is InChI=1S/C28H31FN6O/c1-16-24(34(14-19-4-5-19)33-27(16)20-8-10-22(29)11-9-20)12-23-13-25(31-15-30-23)35-18(3)26(17(2)32-35)28(36)21-6-7-21/h8-11,13,15,19,21,28,36H,4-7,12,14H2,1-3H3. The molecular weight excluding hydrogens is 455 g/mol. The van der Waals surface area contributed by atoms with Gasteiger partial charge in [-0.05, 0) is 88.1 Å². The molecule has 2 saturated carbocycles. The largest absolute Gasteiger partial charge is 0.388 e. The highest BCUT2D eigenvalue weighted by atomic mass is 19.1. The van der Waals surface area contributed by atoms with Crippen molar-refractivity contribution in [1.29, 1.82) is 0 Å². The topological polar surface area (TPSA) is 81.7 Å². The molecule has 1 N–H and O–H groups in total. The third-order valence-corrected chi connectivity index (χ3v) is 7.55. The van der Waals surface area contributed by atoms with E-state index in [-0.39, 0.29) is 5.82 Å². The third kappa shape index (κ3) is 4.34. The van der Waals surface area contributed by atoms with Crippen LogP contribution in [0.2, 0.25) is 0 Å². The lowest BCUT2D eigenvalue weighted by atomic mass is 10.0. The molecule has 6 rings (SSSR count). The van der Waals surface area contributed by atoms with Crippen molar-refractivity contribution >= 4 is 0 Å². The normalized spacial score (nSPS) is 16.5. The van der Waals surface area contributed by atoms with Crippen LogP contribution in [-0.4, -0.2) is 34.6 Å². The van der Waals surface area contributed by atoms with Gasteiger partial charge in [0.15, 0.2) is 5.82 Å². The van der Waals surface area contributed by atoms with Crippen LogP contribution in [0.3, 0.4) is 0 Å². The van der Waals surface area contributed by atoms with Crippen LogP contribution >= 0.6 is 0 Å². The molecule has 36 heavy (non-hydrogen) atoms. The van der Waals surface area contributed by atoms with Crippen molar-refractivity contribution in [3.63, 3.8) is 0 Å². The van der Waals surface area contributed by atoms with Crippen LogP contribution in [0.4, 0.5) is 4.39 Å². The van der Waals surface area contributed by atoms with Gasteiger partial charge >= 0.3 is 0 Å². The molecule has 0 spiro atoms. The summed E-state index contributed by atoms with van der Waals surface area (Å²) < 4.78 is 17.4. The molecule has 3 aromatic heterocycles. The molecule has 2 aliphatic carbocycles. The summed E-state index contributed by atoms with van der Waals surface area (Å²) in [5.41, 5.74) is 7.56. The van der Waals surface area contributed by atoms with Crippen molar-refractivity contribution in [2.75, 3.05) is 0 Å². The summed E-state index contributed by atoms with van der Waals surface area (Å²) in [7, 11) is 0. The summed E-state index contributed by atoms with van der Waals surface area (Å²) in [5, 5.41) is 20.4. The lowest BCUT2D eigenvalue weighted by Gasteiger charge is -2.11. The van der Waals surface area contributed by atoms with Gasteiger partial charge in [0.05, 0.1) is 23.2 Å². The first-order chi connectivity index (χ1) is 17.4. The SMILES string of the molecule is Cc1nn(-c2cc(Cc3c(C)c(-c4ccc(F)cc4)nn3CC3CC3)ncn2)c(C)c1C(O)C1CC1. The van der Waals surface area contributed by atoms with E-state index in [0.29, 0.717) is 24.1 Å².